The largest absolute Gasteiger partial charge is 0.464 e. The minimum atomic E-state index is -1.08. The Kier molecular flexibility index (Phi) is 4.82. The lowest BCUT2D eigenvalue weighted by atomic mass is 9.69. The molecule has 1 amide bonds. The van der Waals surface area contributed by atoms with E-state index in [9.17, 15) is 9.59 Å². The number of carboxylic acid groups (broad SMARTS) is 1. The summed E-state index contributed by atoms with van der Waals surface area (Å²) in [6, 6.07) is 0.167. The van der Waals surface area contributed by atoms with Crippen LogP contribution < -0.4 is 16.2 Å². The first kappa shape index (κ1) is 16.2. The van der Waals surface area contributed by atoms with Gasteiger partial charge in [0, 0.05) is 18.6 Å². The smallest absolute Gasteiger partial charge is 0.419 e. The molecule has 1 aliphatic heterocycles. The zero-order valence-corrected chi connectivity index (χ0v) is 13.3. The summed E-state index contributed by atoms with van der Waals surface area (Å²) in [5.74, 6) is 0.877. The van der Waals surface area contributed by atoms with Crippen molar-refractivity contribution < 1.29 is 14.7 Å². The Morgan fingerprint density at radius 1 is 1.30 bits per heavy atom. The van der Waals surface area contributed by atoms with E-state index in [4.69, 9.17) is 5.11 Å². The van der Waals surface area contributed by atoms with E-state index in [1.54, 1.807) is 6.08 Å². The standard InChI is InChI=1S/C17H25N3O3/c21-15-6-1-2-9-17(15,10-12-7-8-12)14-5-3-4-13(11-18-14)19-20-16(22)23/h1-2,6,9,12-14,18-20H,3-5,7-8,10-11H2,(H,22,23). The molecule has 3 atom stereocenters. The van der Waals surface area contributed by atoms with Crippen molar-refractivity contribution in [3.05, 3.63) is 24.3 Å². The van der Waals surface area contributed by atoms with Crippen LogP contribution in [-0.4, -0.2) is 35.6 Å². The summed E-state index contributed by atoms with van der Waals surface area (Å²) in [5, 5.41) is 12.2. The van der Waals surface area contributed by atoms with Gasteiger partial charge in [-0.3, -0.25) is 10.2 Å². The fourth-order valence-corrected chi connectivity index (χ4v) is 3.79. The second-order valence-corrected chi connectivity index (χ2v) is 6.93. The van der Waals surface area contributed by atoms with Crippen LogP contribution in [0.25, 0.3) is 0 Å². The summed E-state index contributed by atoms with van der Waals surface area (Å²) in [4.78, 5) is 23.3. The lowest BCUT2D eigenvalue weighted by Gasteiger charge is -2.38. The molecular formula is C17H25N3O3. The first-order valence-electron chi connectivity index (χ1n) is 8.48. The van der Waals surface area contributed by atoms with E-state index in [0.717, 1.165) is 25.7 Å². The molecular weight excluding hydrogens is 294 g/mol. The Morgan fingerprint density at radius 2 is 2.13 bits per heavy atom. The van der Waals surface area contributed by atoms with Crippen molar-refractivity contribution in [1.82, 2.24) is 16.2 Å². The molecule has 0 spiro atoms. The highest BCUT2D eigenvalue weighted by Gasteiger charge is 2.46. The summed E-state index contributed by atoms with van der Waals surface area (Å²) in [6.07, 6.45) is 12.7. The molecule has 1 saturated carbocycles. The van der Waals surface area contributed by atoms with Crippen molar-refractivity contribution in [2.75, 3.05) is 6.54 Å². The predicted molar refractivity (Wildman–Crippen MR) is 86.8 cm³/mol. The van der Waals surface area contributed by atoms with E-state index in [0.29, 0.717) is 12.5 Å². The van der Waals surface area contributed by atoms with Gasteiger partial charge in [0.25, 0.3) is 0 Å². The number of amides is 1. The molecule has 0 aromatic carbocycles. The molecule has 0 aromatic heterocycles. The minimum Gasteiger partial charge on any atom is -0.464 e. The average molecular weight is 319 g/mol. The first-order chi connectivity index (χ1) is 11.1. The first-order valence-corrected chi connectivity index (χ1v) is 8.48. The Morgan fingerprint density at radius 3 is 2.83 bits per heavy atom. The number of hydrogen-bond donors (Lipinski definition) is 4. The van der Waals surface area contributed by atoms with Crippen LogP contribution >= 0.6 is 0 Å². The van der Waals surface area contributed by atoms with Gasteiger partial charge in [0.15, 0.2) is 5.78 Å². The van der Waals surface area contributed by atoms with Crippen molar-refractivity contribution in [1.29, 1.82) is 0 Å². The van der Waals surface area contributed by atoms with Crippen molar-refractivity contribution in [2.45, 2.75) is 50.6 Å². The highest BCUT2D eigenvalue weighted by molar-refractivity contribution is 5.98. The Hall–Kier alpha value is -1.66. The summed E-state index contributed by atoms with van der Waals surface area (Å²) >= 11 is 0. The number of hydrazine groups is 1. The van der Waals surface area contributed by atoms with E-state index in [2.05, 4.69) is 22.2 Å². The van der Waals surface area contributed by atoms with E-state index in [1.165, 1.54) is 12.8 Å². The third-order valence-electron chi connectivity index (χ3n) is 5.20. The molecule has 2 aliphatic carbocycles. The monoisotopic (exact) mass is 319 g/mol. The molecule has 0 aromatic rings. The molecule has 3 rings (SSSR count). The fraction of sp³-hybridized carbons (Fsp3) is 0.647. The molecule has 6 nitrogen and oxygen atoms in total. The van der Waals surface area contributed by atoms with Gasteiger partial charge in [-0.1, -0.05) is 37.5 Å². The summed E-state index contributed by atoms with van der Waals surface area (Å²) in [7, 11) is 0. The molecule has 3 aliphatic rings. The van der Waals surface area contributed by atoms with E-state index < -0.39 is 11.5 Å². The fourth-order valence-electron chi connectivity index (χ4n) is 3.79. The van der Waals surface area contributed by atoms with Crippen LogP contribution in [0, 0.1) is 11.3 Å². The summed E-state index contributed by atoms with van der Waals surface area (Å²) < 4.78 is 0. The normalized spacial score (nSPS) is 34.2. The zero-order valence-electron chi connectivity index (χ0n) is 13.3. The number of carbonyl (C=O) groups excluding carboxylic acids is 1. The van der Waals surface area contributed by atoms with Gasteiger partial charge in [0.05, 0.1) is 5.41 Å². The molecule has 2 fully saturated rings. The topological polar surface area (TPSA) is 90.5 Å². The molecule has 3 unspecified atom stereocenters. The molecule has 6 heteroatoms. The Bertz CT molecular complexity index is 527. The van der Waals surface area contributed by atoms with Crippen LogP contribution in [0.15, 0.2) is 24.3 Å². The van der Waals surface area contributed by atoms with Crippen LogP contribution in [-0.2, 0) is 4.79 Å². The van der Waals surface area contributed by atoms with Crippen molar-refractivity contribution in [3.8, 4) is 0 Å². The molecule has 1 saturated heterocycles. The molecule has 1 heterocycles. The number of allylic oxidation sites excluding steroid dienone is 3. The number of hydrogen-bond acceptors (Lipinski definition) is 4. The Labute approximate surface area is 136 Å². The van der Waals surface area contributed by atoms with Gasteiger partial charge in [-0.2, -0.15) is 0 Å². The highest BCUT2D eigenvalue weighted by Crippen LogP contribution is 2.46. The van der Waals surface area contributed by atoms with Crippen molar-refractivity contribution >= 4 is 11.9 Å². The molecule has 0 radical (unpaired) electrons. The second kappa shape index (κ2) is 6.84. The van der Waals surface area contributed by atoms with Gasteiger partial charge in [-0.25, -0.2) is 10.2 Å². The average Bonchev–Trinajstić information content (AvgIpc) is 3.34. The quantitative estimate of drug-likeness (QED) is 0.580. The third-order valence-corrected chi connectivity index (χ3v) is 5.20. The van der Waals surface area contributed by atoms with Gasteiger partial charge in [-0.15, -0.1) is 0 Å². The van der Waals surface area contributed by atoms with Crippen molar-refractivity contribution in [3.63, 3.8) is 0 Å². The highest BCUT2D eigenvalue weighted by atomic mass is 16.4. The second-order valence-electron chi connectivity index (χ2n) is 6.93. The van der Waals surface area contributed by atoms with Gasteiger partial charge < -0.3 is 10.4 Å². The lowest BCUT2D eigenvalue weighted by molar-refractivity contribution is -0.123. The number of ketones is 1. The zero-order chi connectivity index (χ0) is 16.3. The summed E-state index contributed by atoms with van der Waals surface area (Å²) in [6.45, 7) is 0.655. The SMILES string of the molecule is O=C(O)NNC1CCCC(C2(CC3CC3)C=CC=CC2=O)NC1. The third kappa shape index (κ3) is 3.82. The maximum atomic E-state index is 12.7. The molecule has 126 valence electrons. The molecule has 23 heavy (non-hydrogen) atoms. The van der Waals surface area contributed by atoms with Gasteiger partial charge in [-0.05, 0) is 31.3 Å². The van der Waals surface area contributed by atoms with Crippen LogP contribution in [0.2, 0.25) is 0 Å². The number of nitrogens with one attached hydrogen (secondary N) is 3. The predicted octanol–water partition coefficient (Wildman–Crippen LogP) is 1.75. The van der Waals surface area contributed by atoms with Crippen LogP contribution in [0.1, 0.15) is 38.5 Å². The number of carbonyl (C=O) groups is 2. The number of rotatable bonds is 5. The van der Waals surface area contributed by atoms with E-state index in [1.807, 2.05) is 12.2 Å². The van der Waals surface area contributed by atoms with E-state index in [-0.39, 0.29) is 17.9 Å². The van der Waals surface area contributed by atoms with E-state index >= 15 is 0 Å². The van der Waals surface area contributed by atoms with Gasteiger partial charge >= 0.3 is 6.09 Å². The van der Waals surface area contributed by atoms with Crippen molar-refractivity contribution in [2.24, 2.45) is 11.3 Å². The van der Waals surface area contributed by atoms with Crippen LogP contribution in [0.5, 0.6) is 0 Å². The maximum absolute atomic E-state index is 12.7. The van der Waals surface area contributed by atoms with Gasteiger partial charge in [0.1, 0.15) is 0 Å². The maximum Gasteiger partial charge on any atom is 0.419 e. The Balaban J connectivity index is 1.68. The molecule has 4 N–H and O–H groups in total. The van der Waals surface area contributed by atoms with Crippen LogP contribution in [0.3, 0.4) is 0 Å². The van der Waals surface area contributed by atoms with Crippen LogP contribution in [0.4, 0.5) is 4.79 Å². The lowest BCUT2D eigenvalue weighted by Crippen LogP contribution is -2.53. The minimum absolute atomic E-state index is 0.0484. The molecule has 0 bridgehead atoms. The van der Waals surface area contributed by atoms with Gasteiger partial charge in [0.2, 0.25) is 0 Å². The summed E-state index contributed by atoms with van der Waals surface area (Å²) in [5.41, 5.74) is 4.64.